The summed E-state index contributed by atoms with van der Waals surface area (Å²) in [5.74, 6) is 0.138. The number of nitrogens with one attached hydrogen (secondary N) is 1. The smallest absolute Gasteiger partial charge is 0.261 e. The number of sulfonamides is 1. The van der Waals surface area contributed by atoms with Gasteiger partial charge in [0.1, 0.15) is 5.75 Å². The van der Waals surface area contributed by atoms with Gasteiger partial charge in [-0.1, -0.05) is 36.4 Å². The van der Waals surface area contributed by atoms with Gasteiger partial charge in [-0.2, -0.15) is 0 Å². The van der Waals surface area contributed by atoms with Crippen LogP contribution in [0, 0.1) is 13.8 Å². The van der Waals surface area contributed by atoms with E-state index in [0.717, 1.165) is 21.9 Å². The summed E-state index contributed by atoms with van der Waals surface area (Å²) in [4.78, 5) is 4.57. The van der Waals surface area contributed by atoms with E-state index in [2.05, 4.69) is 9.71 Å². The molecular formula is C25H22N2O3S. The van der Waals surface area contributed by atoms with Crippen molar-refractivity contribution in [2.75, 3.05) is 4.72 Å². The molecule has 0 heterocycles. The highest BCUT2D eigenvalue weighted by Gasteiger charge is 2.14. The number of aliphatic imine (C=N–C) groups is 1. The molecule has 0 atom stereocenters. The van der Waals surface area contributed by atoms with Crippen LogP contribution in [0.1, 0.15) is 16.7 Å². The van der Waals surface area contributed by atoms with Crippen LogP contribution in [0.3, 0.4) is 0 Å². The summed E-state index contributed by atoms with van der Waals surface area (Å²) < 4.78 is 28.1. The summed E-state index contributed by atoms with van der Waals surface area (Å²) in [5, 5.41) is 12.1. The molecule has 0 aliphatic heterocycles. The van der Waals surface area contributed by atoms with Gasteiger partial charge in [-0.05, 0) is 78.2 Å². The van der Waals surface area contributed by atoms with E-state index in [0.29, 0.717) is 16.9 Å². The van der Waals surface area contributed by atoms with E-state index < -0.39 is 10.0 Å². The van der Waals surface area contributed by atoms with Crippen molar-refractivity contribution in [3.05, 3.63) is 95.6 Å². The molecule has 0 bridgehead atoms. The minimum atomic E-state index is -3.71. The number of hydrogen-bond acceptors (Lipinski definition) is 4. The largest absolute Gasteiger partial charge is 0.507 e. The van der Waals surface area contributed by atoms with Crippen molar-refractivity contribution in [1.82, 2.24) is 0 Å². The monoisotopic (exact) mass is 430 g/mol. The number of anilines is 1. The fourth-order valence-electron chi connectivity index (χ4n) is 3.52. The van der Waals surface area contributed by atoms with Crippen molar-refractivity contribution in [3.8, 4) is 5.75 Å². The predicted octanol–water partition coefficient (Wildman–Crippen LogP) is 5.71. The molecule has 0 aliphatic carbocycles. The van der Waals surface area contributed by atoms with Crippen molar-refractivity contribution >= 4 is 38.4 Å². The molecule has 4 aromatic rings. The third-order valence-corrected chi connectivity index (χ3v) is 6.31. The maximum absolute atomic E-state index is 12.7. The Kier molecular flexibility index (Phi) is 5.48. The third-order valence-electron chi connectivity index (χ3n) is 4.91. The standard InChI is InChI=1S/C25H22N2O3S/c1-17-13-18(2)15-21(14-17)27-31(29,30)22-10-8-20(9-11-22)26-16-24-23-6-4-3-5-19(23)7-12-25(24)28/h3-16,27-28H,1-2H3. The highest BCUT2D eigenvalue weighted by Crippen LogP contribution is 2.27. The third kappa shape index (κ3) is 4.59. The average Bonchev–Trinajstić information content (AvgIpc) is 2.72. The molecular weight excluding hydrogens is 408 g/mol. The van der Waals surface area contributed by atoms with Gasteiger partial charge < -0.3 is 5.11 Å². The molecule has 0 radical (unpaired) electrons. The first-order valence-corrected chi connectivity index (χ1v) is 11.3. The van der Waals surface area contributed by atoms with Gasteiger partial charge in [-0.25, -0.2) is 8.42 Å². The number of fused-ring (bicyclic) bond motifs is 1. The summed E-state index contributed by atoms with van der Waals surface area (Å²) in [6, 6.07) is 23.1. The van der Waals surface area contributed by atoms with Crippen LogP contribution in [0.4, 0.5) is 11.4 Å². The van der Waals surface area contributed by atoms with Crippen LogP contribution in [0.2, 0.25) is 0 Å². The lowest BCUT2D eigenvalue weighted by Gasteiger charge is -2.10. The van der Waals surface area contributed by atoms with Gasteiger partial charge in [0.25, 0.3) is 10.0 Å². The second-order valence-corrected chi connectivity index (χ2v) is 9.14. The molecule has 0 fully saturated rings. The normalized spacial score (nSPS) is 11.8. The second kappa shape index (κ2) is 8.24. The van der Waals surface area contributed by atoms with Crippen LogP contribution < -0.4 is 4.72 Å². The zero-order chi connectivity index (χ0) is 22.0. The van der Waals surface area contributed by atoms with E-state index in [1.165, 1.54) is 12.1 Å². The molecule has 31 heavy (non-hydrogen) atoms. The summed E-state index contributed by atoms with van der Waals surface area (Å²) in [6.07, 6.45) is 1.59. The molecule has 0 unspecified atom stereocenters. The first-order chi connectivity index (χ1) is 14.8. The van der Waals surface area contributed by atoms with Crippen molar-refractivity contribution in [1.29, 1.82) is 0 Å². The Hall–Kier alpha value is -3.64. The summed E-state index contributed by atoms with van der Waals surface area (Å²) in [6.45, 7) is 3.84. The Morgan fingerprint density at radius 3 is 2.26 bits per heavy atom. The minimum Gasteiger partial charge on any atom is -0.507 e. The van der Waals surface area contributed by atoms with E-state index in [1.807, 2.05) is 50.2 Å². The zero-order valence-corrected chi connectivity index (χ0v) is 18.0. The molecule has 2 N–H and O–H groups in total. The predicted molar refractivity (Wildman–Crippen MR) is 126 cm³/mol. The highest BCUT2D eigenvalue weighted by atomic mass is 32.2. The van der Waals surface area contributed by atoms with E-state index in [9.17, 15) is 13.5 Å². The van der Waals surface area contributed by atoms with Crippen molar-refractivity contribution in [3.63, 3.8) is 0 Å². The van der Waals surface area contributed by atoms with Gasteiger partial charge in [-0.15, -0.1) is 0 Å². The number of hydrogen-bond donors (Lipinski definition) is 2. The summed E-state index contributed by atoms with van der Waals surface area (Å²) in [5.41, 5.74) is 3.70. The van der Waals surface area contributed by atoms with Crippen LogP contribution in [-0.4, -0.2) is 19.7 Å². The molecule has 0 spiro atoms. The molecule has 6 heteroatoms. The first-order valence-electron chi connectivity index (χ1n) is 9.78. The number of phenolic OH excluding ortho intramolecular Hbond substituents is 1. The Balaban J connectivity index is 1.58. The van der Waals surface area contributed by atoms with Gasteiger partial charge in [-0.3, -0.25) is 9.71 Å². The number of aryl methyl sites for hydroxylation is 2. The van der Waals surface area contributed by atoms with Gasteiger partial charge in [0.2, 0.25) is 0 Å². The Morgan fingerprint density at radius 1 is 0.871 bits per heavy atom. The van der Waals surface area contributed by atoms with Crippen molar-refractivity contribution in [2.45, 2.75) is 18.7 Å². The lowest BCUT2D eigenvalue weighted by molar-refractivity contribution is 0.475. The van der Waals surface area contributed by atoms with Gasteiger partial charge in [0.05, 0.1) is 10.6 Å². The lowest BCUT2D eigenvalue weighted by atomic mass is 10.0. The maximum Gasteiger partial charge on any atom is 0.261 e. The number of phenols is 1. The van der Waals surface area contributed by atoms with Crippen LogP contribution in [-0.2, 0) is 10.0 Å². The number of nitrogens with zero attached hydrogens (tertiary/aromatic N) is 1. The molecule has 0 aliphatic rings. The molecule has 0 aromatic heterocycles. The van der Waals surface area contributed by atoms with Crippen LogP contribution in [0.5, 0.6) is 5.75 Å². The molecule has 4 rings (SSSR count). The zero-order valence-electron chi connectivity index (χ0n) is 17.2. The van der Waals surface area contributed by atoms with E-state index >= 15 is 0 Å². The van der Waals surface area contributed by atoms with E-state index in [-0.39, 0.29) is 10.6 Å². The van der Waals surface area contributed by atoms with Gasteiger partial charge in [0.15, 0.2) is 0 Å². The number of aromatic hydroxyl groups is 1. The molecule has 0 saturated heterocycles. The van der Waals surface area contributed by atoms with Crippen molar-refractivity contribution in [2.24, 2.45) is 4.99 Å². The lowest BCUT2D eigenvalue weighted by Crippen LogP contribution is -2.13. The maximum atomic E-state index is 12.7. The average molecular weight is 431 g/mol. The molecule has 4 aromatic carbocycles. The van der Waals surface area contributed by atoms with E-state index in [4.69, 9.17) is 0 Å². The fourth-order valence-corrected chi connectivity index (χ4v) is 4.56. The summed E-state index contributed by atoms with van der Waals surface area (Å²) >= 11 is 0. The SMILES string of the molecule is Cc1cc(C)cc(NS(=O)(=O)c2ccc(N=Cc3c(O)ccc4ccccc34)cc2)c1. The highest BCUT2D eigenvalue weighted by molar-refractivity contribution is 7.92. The van der Waals surface area contributed by atoms with E-state index in [1.54, 1.807) is 36.5 Å². The number of rotatable bonds is 5. The Bertz CT molecular complexity index is 1370. The Morgan fingerprint density at radius 2 is 1.55 bits per heavy atom. The topological polar surface area (TPSA) is 78.8 Å². The second-order valence-electron chi connectivity index (χ2n) is 7.45. The fraction of sp³-hybridized carbons (Fsp3) is 0.0800. The van der Waals surface area contributed by atoms with Gasteiger partial charge in [0, 0.05) is 17.5 Å². The van der Waals surface area contributed by atoms with Crippen LogP contribution in [0.25, 0.3) is 10.8 Å². The minimum absolute atomic E-state index is 0.138. The molecule has 156 valence electrons. The molecule has 0 saturated carbocycles. The van der Waals surface area contributed by atoms with Crippen LogP contribution >= 0.6 is 0 Å². The van der Waals surface area contributed by atoms with Gasteiger partial charge >= 0.3 is 0 Å². The van der Waals surface area contributed by atoms with Crippen LogP contribution in [0.15, 0.2) is 88.8 Å². The first kappa shape index (κ1) is 20.6. The molecule has 0 amide bonds. The Labute approximate surface area is 181 Å². The van der Waals surface area contributed by atoms with Crippen molar-refractivity contribution < 1.29 is 13.5 Å². The number of benzene rings is 4. The molecule has 5 nitrogen and oxygen atoms in total. The quantitative estimate of drug-likeness (QED) is 0.398. The summed E-state index contributed by atoms with van der Waals surface area (Å²) in [7, 11) is -3.71.